The molecule has 0 spiro atoms. The number of nitrogens with one attached hydrogen (secondary N) is 1. The summed E-state index contributed by atoms with van der Waals surface area (Å²) in [7, 11) is 0. The second kappa shape index (κ2) is 9.91. The first-order valence-electron chi connectivity index (χ1n) is 11.2. The molecule has 2 heterocycles. The Morgan fingerprint density at radius 2 is 1.94 bits per heavy atom. The van der Waals surface area contributed by atoms with Crippen LogP contribution in [0.4, 0.5) is 4.39 Å². The fourth-order valence-corrected chi connectivity index (χ4v) is 4.03. The number of hydrogen-bond acceptors (Lipinski definition) is 4. The fraction of sp³-hybridized carbons (Fsp3) is 0.269. The molecule has 0 unspecified atom stereocenters. The maximum absolute atomic E-state index is 13.8. The molecule has 0 fully saturated rings. The van der Waals surface area contributed by atoms with E-state index in [0.717, 1.165) is 22.6 Å². The summed E-state index contributed by atoms with van der Waals surface area (Å²) in [4.78, 5) is 30.1. The maximum Gasteiger partial charge on any atom is 0.263 e. The van der Waals surface area contributed by atoms with Gasteiger partial charge in [-0.3, -0.25) is 18.7 Å². The third-order valence-corrected chi connectivity index (χ3v) is 5.88. The van der Waals surface area contributed by atoms with E-state index in [1.165, 1.54) is 23.0 Å². The van der Waals surface area contributed by atoms with E-state index in [9.17, 15) is 14.0 Å². The standard InChI is InChI=1S/C26H27FN4O3/c1-4-34-22-11-6-5-8-19(22)15-28-23(32)12-13-30-16-29-25-24(26(30)33)17(2)18(3)31(25)21-10-7-9-20(27)14-21/h5-11,14,16H,4,12-13,15H2,1-3H3,(H,28,32). The number of fused-ring (bicyclic) bond motifs is 1. The molecule has 0 radical (unpaired) electrons. The first-order valence-corrected chi connectivity index (χ1v) is 11.2. The zero-order chi connectivity index (χ0) is 24.2. The average Bonchev–Trinajstić information content (AvgIpc) is 3.08. The molecular weight excluding hydrogens is 435 g/mol. The number of ether oxygens (including phenoxy) is 1. The Labute approximate surface area is 196 Å². The van der Waals surface area contributed by atoms with E-state index >= 15 is 0 Å². The van der Waals surface area contributed by atoms with Gasteiger partial charge in [-0.1, -0.05) is 24.3 Å². The normalized spacial score (nSPS) is 11.1. The van der Waals surface area contributed by atoms with Crippen molar-refractivity contribution in [2.24, 2.45) is 0 Å². The predicted molar refractivity (Wildman–Crippen MR) is 129 cm³/mol. The number of aryl methyl sites for hydroxylation is 2. The number of aromatic nitrogens is 3. The molecule has 2 aromatic carbocycles. The van der Waals surface area contributed by atoms with E-state index < -0.39 is 0 Å². The van der Waals surface area contributed by atoms with Crippen LogP contribution in [0.1, 0.15) is 30.2 Å². The highest BCUT2D eigenvalue weighted by Crippen LogP contribution is 2.25. The van der Waals surface area contributed by atoms with Gasteiger partial charge >= 0.3 is 0 Å². The zero-order valence-electron chi connectivity index (χ0n) is 19.5. The van der Waals surface area contributed by atoms with Gasteiger partial charge in [0.05, 0.1) is 24.0 Å². The zero-order valence-corrected chi connectivity index (χ0v) is 19.5. The van der Waals surface area contributed by atoms with E-state index in [0.29, 0.717) is 29.9 Å². The molecule has 2 aromatic heterocycles. The summed E-state index contributed by atoms with van der Waals surface area (Å²) in [5.41, 5.74) is 3.33. The predicted octanol–water partition coefficient (Wildman–Crippen LogP) is 4.05. The van der Waals surface area contributed by atoms with Gasteiger partial charge in [0.1, 0.15) is 11.6 Å². The van der Waals surface area contributed by atoms with Gasteiger partial charge in [0, 0.05) is 30.8 Å². The van der Waals surface area contributed by atoms with Crippen molar-refractivity contribution in [3.05, 3.63) is 87.9 Å². The van der Waals surface area contributed by atoms with Gasteiger partial charge in [-0.25, -0.2) is 9.37 Å². The summed E-state index contributed by atoms with van der Waals surface area (Å²) < 4.78 is 22.6. The second-order valence-electron chi connectivity index (χ2n) is 8.03. The molecule has 4 aromatic rings. The maximum atomic E-state index is 13.8. The van der Waals surface area contributed by atoms with Gasteiger partial charge in [-0.05, 0) is 50.6 Å². The van der Waals surface area contributed by atoms with Crippen molar-refractivity contribution in [1.82, 2.24) is 19.4 Å². The molecule has 0 bridgehead atoms. The van der Waals surface area contributed by atoms with Gasteiger partial charge < -0.3 is 10.1 Å². The summed E-state index contributed by atoms with van der Waals surface area (Å²) in [6, 6.07) is 13.7. The van der Waals surface area contributed by atoms with Gasteiger partial charge in [0.25, 0.3) is 5.56 Å². The van der Waals surface area contributed by atoms with Crippen LogP contribution in [0.2, 0.25) is 0 Å². The quantitative estimate of drug-likeness (QED) is 0.429. The number of carbonyl (C=O) groups is 1. The smallest absolute Gasteiger partial charge is 0.263 e. The topological polar surface area (TPSA) is 78.2 Å². The number of para-hydroxylation sites is 1. The molecule has 1 amide bonds. The Morgan fingerprint density at radius 1 is 1.15 bits per heavy atom. The lowest BCUT2D eigenvalue weighted by Gasteiger charge is -2.11. The van der Waals surface area contributed by atoms with Crippen molar-refractivity contribution in [2.75, 3.05) is 6.61 Å². The van der Waals surface area contributed by atoms with Crippen LogP contribution in [0.3, 0.4) is 0 Å². The summed E-state index contributed by atoms with van der Waals surface area (Å²) in [6.07, 6.45) is 1.57. The number of halogens is 1. The monoisotopic (exact) mass is 462 g/mol. The Hall–Kier alpha value is -3.94. The minimum Gasteiger partial charge on any atom is -0.494 e. The number of benzene rings is 2. The van der Waals surface area contributed by atoms with Crippen molar-refractivity contribution < 1.29 is 13.9 Å². The van der Waals surface area contributed by atoms with Gasteiger partial charge in [-0.15, -0.1) is 0 Å². The van der Waals surface area contributed by atoms with E-state index in [2.05, 4.69) is 10.3 Å². The molecular formula is C26H27FN4O3. The largest absolute Gasteiger partial charge is 0.494 e. The molecule has 7 nitrogen and oxygen atoms in total. The molecule has 0 atom stereocenters. The average molecular weight is 463 g/mol. The molecule has 34 heavy (non-hydrogen) atoms. The highest BCUT2D eigenvalue weighted by atomic mass is 19.1. The Morgan fingerprint density at radius 3 is 2.71 bits per heavy atom. The number of carbonyl (C=O) groups excluding carboxylic acids is 1. The number of rotatable bonds is 8. The number of hydrogen-bond donors (Lipinski definition) is 1. The molecule has 0 aliphatic heterocycles. The molecule has 0 saturated carbocycles. The highest BCUT2D eigenvalue weighted by Gasteiger charge is 2.18. The van der Waals surface area contributed by atoms with Crippen LogP contribution in [0, 0.1) is 19.7 Å². The van der Waals surface area contributed by atoms with E-state index in [1.54, 1.807) is 16.7 Å². The Bertz CT molecular complexity index is 1410. The SMILES string of the molecule is CCOc1ccccc1CNC(=O)CCn1cnc2c(c(C)c(C)n2-c2cccc(F)c2)c1=O. The third-order valence-electron chi connectivity index (χ3n) is 5.88. The molecule has 8 heteroatoms. The Kier molecular flexibility index (Phi) is 6.77. The van der Waals surface area contributed by atoms with Crippen molar-refractivity contribution >= 4 is 16.9 Å². The van der Waals surface area contributed by atoms with Crippen LogP contribution in [-0.2, 0) is 17.9 Å². The molecule has 4 rings (SSSR count). The van der Waals surface area contributed by atoms with Crippen LogP contribution in [0.5, 0.6) is 5.75 Å². The lowest BCUT2D eigenvalue weighted by atomic mass is 10.2. The van der Waals surface area contributed by atoms with Gasteiger partial charge in [0.2, 0.25) is 5.91 Å². The fourth-order valence-electron chi connectivity index (χ4n) is 4.03. The Balaban J connectivity index is 1.51. The molecule has 176 valence electrons. The van der Waals surface area contributed by atoms with Crippen LogP contribution in [0.15, 0.2) is 59.7 Å². The van der Waals surface area contributed by atoms with E-state index in [1.807, 2.05) is 45.0 Å². The summed E-state index contributed by atoms with van der Waals surface area (Å²) in [6.45, 7) is 6.72. The molecule has 0 saturated heterocycles. The van der Waals surface area contributed by atoms with Crippen LogP contribution in [0.25, 0.3) is 16.7 Å². The molecule has 1 N–H and O–H groups in total. The van der Waals surface area contributed by atoms with Gasteiger partial charge in [0.15, 0.2) is 5.65 Å². The number of amides is 1. The van der Waals surface area contributed by atoms with Crippen molar-refractivity contribution in [3.63, 3.8) is 0 Å². The van der Waals surface area contributed by atoms with Crippen LogP contribution in [-0.4, -0.2) is 26.6 Å². The van der Waals surface area contributed by atoms with Crippen molar-refractivity contribution in [1.29, 1.82) is 0 Å². The second-order valence-corrected chi connectivity index (χ2v) is 8.03. The number of nitrogens with zero attached hydrogens (tertiary/aromatic N) is 3. The van der Waals surface area contributed by atoms with E-state index in [4.69, 9.17) is 4.74 Å². The summed E-state index contributed by atoms with van der Waals surface area (Å²) in [5, 5.41) is 3.35. The summed E-state index contributed by atoms with van der Waals surface area (Å²) >= 11 is 0. The van der Waals surface area contributed by atoms with Gasteiger partial charge in [-0.2, -0.15) is 0 Å². The van der Waals surface area contributed by atoms with E-state index in [-0.39, 0.29) is 30.2 Å². The molecule has 0 aliphatic rings. The minimum atomic E-state index is -0.361. The lowest BCUT2D eigenvalue weighted by molar-refractivity contribution is -0.121. The molecule has 0 aliphatic carbocycles. The minimum absolute atomic E-state index is 0.131. The van der Waals surface area contributed by atoms with Crippen molar-refractivity contribution in [2.45, 2.75) is 40.3 Å². The third kappa shape index (κ3) is 4.57. The van der Waals surface area contributed by atoms with Crippen LogP contribution >= 0.6 is 0 Å². The lowest BCUT2D eigenvalue weighted by Crippen LogP contribution is -2.27. The first-order chi connectivity index (χ1) is 16.4. The van der Waals surface area contributed by atoms with Crippen molar-refractivity contribution in [3.8, 4) is 11.4 Å². The summed E-state index contributed by atoms with van der Waals surface area (Å²) in [5.74, 6) is 0.202. The first kappa shape index (κ1) is 23.2. The van der Waals surface area contributed by atoms with Crippen LogP contribution < -0.4 is 15.6 Å². The highest BCUT2D eigenvalue weighted by molar-refractivity contribution is 5.83.